The van der Waals surface area contributed by atoms with E-state index in [0.717, 1.165) is 23.3 Å². The summed E-state index contributed by atoms with van der Waals surface area (Å²) in [5.41, 5.74) is 3.57. The molecule has 1 amide bonds. The first-order chi connectivity index (χ1) is 13.0. The van der Waals surface area contributed by atoms with Gasteiger partial charge in [0, 0.05) is 22.9 Å². The van der Waals surface area contributed by atoms with E-state index in [2.05, 4.69) is 10.3 Å². The third kappa shape index (κ3) is 3.29. The molecule has 0 aliphatic rings. The molecule has 0 unspecified atom stereocenters. The van der Waals surface area contributed by atoms with Crippen LogP contribution in [0.15, 0.2) is 65.1 Å². The van der Waals surface area contributed by atoms with Crippen LogP contribution in [-0.2, 0) is 0 Å². The van der Waals surface area contributed by atoms with Crippen LogP contribution in [0, 0.1) is 18.6 Å². The molecule has 3 aromatic carbocycles. The molecule has 4 nitrogen and oxygen atoms in total. The lowest BCUT2D eigenvalue weighted by molar-refractivity contribution is 0.102. The van der Waals surface area contributed by atoms with Crippen molar-refractivity contribution in [2.75, 3.05) is 5.32 Å². The molecule has 0 radical (unpaired) electrons. The van der Waals surface area contributed by atoms with E-state index in [1.54, 1.807) is 18.2 Å². The largest absolute Gasteiger partial charge is 0.436 e. The van der Waals surface area contributed by atoms with Gasteiger partial charge in [-0.1, -0.05) is 18.2 Å². The first-order valence-corrected chi connectivity index (χ1v) is 8.24. The van der Waals surface area contributed by atoms with Crippen LogP contribution in [0.3, 0.4) is 0 Å². The number of benzene rings is 3. The molecule has 0 fully saturated rings. The molecule has 4 rings (SSSR count). The fraction of sp³-hybridized carbons (Fsp3) is 0.0476. The fourth-order valence-corrected chi connectivity index (χ4v) is 2.77. The molecule has 0 aliphatic carbocycles. The van der Waals surface area contributed by atoms with E-state index in [1.807, 2.05) is 31.2 Å². The van der Waals surface area contributed by atoms with Crippen LogP contribution in [0.4, 0.5) is 14.5 Å². The molecule has 0 aliphatic heterocycles. The second kappa shape index (κ2) is 6.64. The normalized spacial score (nSPS) is 10.9. The predicted octanol–water partition coefficient (Wildman–Crippen LogP) is 5.33. The Balaban J connectivity index is 1.62. The molecule has 0 saturated heterocycles. The van der Waals surface area contributed by atoms with Crippen molar-refractivity contribution in [3.63, 3.8) is 0 Å². The number of nitrogens with zero attached hydrogens (tertiary/aromatic N) is 1. The second-order valence-electron chi connectivity index (χ2n) is 6.10. The zero-order valence-electron chi connectivity index (χ0n) is 14.3. The van der Waals surface area contributed by atoms with Gasteiger partial charge in [-0.2, -0.15) is 0 Å². The number of fused-ring (bicyclic) bond motifs is 1. The van der Waals surface area contributed by atoms with Crippen molar-refractivity contribution in [2.24, 2.45) is 0 Å². The highest BCUT2D eigenvalue weighted by molar-refractivity contribution is 6.04. The van der Waals surface area contributed by atoms with Crippen LogP contribution in [0.2, 0.25) is 0 Å². The monoisotopic (exact) mass is 364 g/mol. The van der Waals surface area contributed by atoms with Gasteiger partial charge in [0.1, 0.15) is 5.52 Å². The summed E-state index contributed by atoms with van der Waals surface area (Å²) in [5.74, 6) is -2.13. The Bertz CT molecular complexity index is 1170. The molecule has 4 aromatic rings. The minimum Gasteiger partial charge on any atom is -0.436 e. The smallest absolute Gasteiger partial charge is 0.255 e. The van der Waals surface area contributed by atoms with Gasteiger partial charge in [-0.05, 0) is 48.9 Å². The molecule has 134 valence electrons. The van der Waals surface area contributed by atoms with Gasteiger partial charge >= 0.3 is 0 Å². The molecular formula is C21H14F2N2O2. The van der Waals surface area contributed by atoms with Crippen LogP contribution in [0.1, 0.15) is 15.9 Å². The Kier molecular flexibility index (Phi) is 4.16. The van der Waals surface area contributed by atoms with E-state index in [-0.39, 0.29) is 5.56 Å². The van der Waals surface area contributed by atoms with Gasteiger partial charge in [0.15, 0.2) is 17.2 Å². The third-order valence-electron chi connectivity index (χ3n) is 4.20. The lowest BCUT2D eigenvalue weighted by Crippen LogP contribution is -2.12. The summed E-state index contributed by atoms with van der Waals surface area (Å²) in [6.07, 6.45) is 0. The Morgan fingerprint density at radius 2 is 1.81 bits per heavy atom. The topological polar surface area (TPSA) is 55.1 Å². The van der Waals surface area contributed by atoms with Crippen molar-refractivity contribution in [3.8, 4) is 11.5 Å². The highest BCUT2D eigenvalue weighted by Crippen LogP contribution is 2.28. The molecule has 1 aromatic heterocycles. The SMILES string of the molecule is Cc1ccccc1-c1nc2ccc(NC(=O)c3ccc(F)c(F)c3)cc2o1. The maximum Gasteiger partial charge on any atom is 0.255 e. The maximum absolute atomic E-state index is 13.3. The quantitative estimate of drug-likeness (QED) is 0.534. The zero-order valence-corrected chi connectivity index (χ0v) is 14.3. The third-order valence-corrected chi connectivity index (χ3v) is 4.20. The van der Waals surface area contributed by atoms with Crippen molar-refractivity contribution < 1.29 is 18.0 Å². The lowest BCUT2D eigenvalue weighted by atomic mass is 10.1. The van der Waals surface area contributed by atoms with Gasteiger partial charge in [-0.15, -0.1) is 0 Å². The molecular weight excluding hydrogens is 350 g/mol. The highest BCUT2D eigenvalue weighted by Gasteiger charge is 2.13. The summed E-state index contributed by atoms with van der Waals surface area (Å²) in [6.45, 7) is 1.97. The lowest BCUT2D eigenvalue weighted by Gasteiger charge is -2.05. The minimum atomic E-state index is -1.07. The molecule has 0 bridgehead atoms. The number of nitrogens with one attached hydrogen (secondary N) is 1. The number of anilines is 1. The van der Waals surface area contributed by atoms with Crippen molar-refractivity contribution in [3.05, 3.63) is 83.4 Å². The summed E-state index contributed by atoms with van der Waals surface area (Å²) in [6, 6.07) is 15.8. The van der Waals surface area contributed by atoms with E-state index >= 15 is 0 Å². The van der Waals surface area contributed by atoms with Crippen LogP contribution < -0.4 is 5.32 Å². The number of aromatic nitrogens is 1. The Morgan fingerprint density at radius 1 is 1.00 bits per heavy atom. The van der Waals surface area contributed by atoms with Gasteiger partial charge in [0.25, 0.3) is 5.91 Å². The number of hydrogen-bond donors (Lipinski definition) is 1. The number of carbonyl (C=O) groups is 1. The average Bonchev–Trinajstić information content (AvgIpc) is 3.07. The van der Waals surface area contributed by atoms with E-state index in [4.69, 9.17) is 4.42 Å². The second-order valence-corrected chi connectivity index (χ2v) is 6.10. The van der Waals surface area contributed by atoms with Crippen molar-refractivity contribution in [2.45, 2.75) is 6.92 Å². The van der Waals surface area contributed by atoms with Crippen LogP contribution in [-0.4, -0.2) is 10.9 Å². The fourth-order valence-electron chi connectivity index (χ4n) is 2.77. The maximum atomic E-state index is 13.3. The Hall–Kier alpha value is -3.54. The number of carbonyl (C=O) groups excluding carboxylic acids is 1. The first kappa shape index (κ1) is 16.9. The van der Waals surface area contributed by atoms with Gasteiger partial charge in [0.05, 0.1) is 0 Å². The Labute approximate surface area is 153 Å². The highest BCUT2D eigenvalue weighted by atomic mass is 19.2. The Morgan fingerprint density at radius 3 is 2.59 bits per heavy atom. The number of oxazole rings is 1. The standard InChI is InChI=1S/C21H14F2N2O2/c1-12-4-2-3-5-15(12)21-25-18-9-7-14(11-19(18)27-21)24-20(26)13-6-8-16(22)17(23)10-13/h2-11H,1H3,(H,24,26). The van der Waals surface area contributed by atoms with Crippen molar-refractivity contribution in [1.82, 2.24) is 4.98 Å². The molecule has 6 heteroatoms. The van der Waals surface area contributed by atoms with Crippen LogP contribution >= 0.6 is 0 Å². The molecule has 0 saturated carbocycles. The zero-order chi connectivity index (χ0) is 19.0. The predicted molar refractivity (Wildman–Crippen MR) is 98.5 cm³/mol. The summed E-state index contributed by atoms with van der Waals surface area (Å²) in [4.78, 5) is 16.7. The number of rotatable bonds is 3. The van der Waals surface area contributed by atoms with Crippen LogP contribution in [0.25, 0.3) is 22.6 Å². The van der Waals surface area contributed by atoms with Gasteiger partial charge in [-0.25, -0.2) is 13.8 Å². The van der Waals surface area contributed by atoms with Crippen molar-refractivity contribution in [1.29, 1.82) is 0 Å². The molecule has 0 atom stereocenters. The minimum absolute atomic E-state index is 0.0205. The van der Waals surface area contributed by atoms with E-state index in [0.29, 0.717) is 22.7 Å². The van der Waals surface area contributed by atoms with Gasteiger partial charge < -0.3 is 9.73 Å². The number of hydrogen-bond acceptors (Lipinski definition) is 3. The summed E-state index contributed by atoms with van der Waals surface area (Å²) in [5, 5.41) is 2.64. The molecule has 1 N–H and O–H groups in total. The average molecular weight is 364 g/mol. The molecule has 0 spiro atoms. The number of aryl methyl sites for hydroxylation is 1. The van der Waals surface area contributed by atoms with Crippen molar-refractivity contribution >= 4 is 22.7 Å². The van der Waals surface area contributed by atoms with Gasteiger partial charge in [-0.3, -0.25) is 4.79 Å². The number of halogens is 2. The summed E-state index contributed by atoms with van der Waals surface area (Å²) in [7, 11) is 0. The van der Waals surface area contributed by atoms with E-state index < -0.39 is 17.5 Å². The van der Waals surface area contributed by atoms with Crippen LogP contribution in [0.5, 0.6) is 0 Å². The molecule has 27 heavy (non-hydrogen) atoms. The van der Waals surface area contributed by atoms with E-state index in [1.165, 1.54) is 6.07 Å². The first-order valence-electron chi connectivity index (χ1n) is 8.24. The summed E-state index contributed by atoms with van der Waals surface area (Å²) < 4.78 is 32.1. The van der Waals surface area contributed by atoms with E-state index in [9.17, 15) is 13.6 Å². The van der Waals surface area contributed by atoms with Gasteiger partial charge in [0.2, 0.25) is 5.89 Å². The summed E-state index contributed by atoms with van der Waals surface area (Å²) >= 11 is 0. The number of amides is 1. The molecule has 1 heterocycles.